The van der Waals surface area contributed by atoms with Crippen molar-refractivity contribution in [2.75, 3.05) is 0 Å². The molecule has 0 radical (unpaired) electrons. The van der Waals surface area contributed by atoms with E-state index >= 15 is 0 Å². The average molecular weight is 706 g/mol. The Morgan fingerprint density at radius 2 is 0.611 bits per heavy atom. The van der Waals surface area contributed by atoms with Gasteiger partial charge in [-0.2, -0.15) is 0 Å². The maximum Gasteiger partial charge on any atom is 0.176 e. The molecule has 6 nitrogen and oxygen atoms in total. The van der Waals surface area contributed by atoms with Crippen molar-refractivity contribution in [3.8, 4) is 50.6 Å². The van der Waals surface area contributed by atoms with E-state index < -0.39 is 0 Å². The fraction of sp³-hybridized carbons (Fsp3) is 0.125. The third-order valence-corrected chi connectivity index (χ3v) is 10.6. The van der Waals surface area contributed by atoms with Gasteiger partial charge in [-0.3, -0.25) is 16.0 Å². The highest BCUT2D eigenvalue weighted by Crippen LogP contribution is 2.40. The number of nitrogens with one attached hydrogen (secondary N) is 3. The van der Waals surface area contributed by atoms with Gasteiger partial charge in [0.05, 0.1) is 0 Å². The first-order chi connectivity index (χ1) is 26.7. The Bertz CT molecular complexity index is 2170. The Balaban J connectivity index is 0.999. The maximum absolute atomic E-state index is 6.43. The van der Waals surface area contributed by atoms with Crippen LogP contribution in [0.1, 0.15) is 52.1 Å². The molecule has 0 saturated carbocycles. The monoisotopic (exact) mass is 705 g/mol. The molecule has 3 aliphatic rings. The molecule has 264 valence electrons. The first-order valence-electron chi connectivity index (χ1n) is 18.6. The van der Waals surface area contributed by atoms with Gasteiger partial charge >= 0.3 is 0 Å². The highest BCUT2D eigenvalue weighted by Gasteiger charge is 2.24. The molecule has 0 amide bonds. The second-order valence-electron chi connectivity index (χ2n) is 14.1. The lowest BCUT2D eigenvalue weighted by atomic mass is 9.91. The Kier molecular flexibility index (Phi) is 8.41. The van der Waals surface area contributed by atoms with Crippen LogP contribution in [0.25, 0.3) is 33.4 Å². The van der Waals surface area contributed by atoms with Crippen molar-refractivity contribution in [3.05, 3.63) is 197 Å². The lowest BCUT2D eigenvalue weighted by Crippen LogP contribution is -2.30. The summed E-state index contributed by atoms with van der Waals surface area (Å²) in [6, 6.07) is 57.5. The van der Waals surface area contributed by atoms with Crippen LogP contribution >= 0.6 is 0 Å². The van der Waals surface area contributed by atoms with E-state index in [9.17, 15) is 0 Å². The zero-order chi connectivity index (χ0) is 35.8. The molecule has 3 atom stereocenters. The van der Waals surface area contributed by atoms with E-state index in [1.165, 1.54) is 0 Å². The largest absolute Gasteiger partial charge is 0.471 e. The molecule has 0 spiro atoms. The van der Waals surface area contributed by atoms with Crippen LogP contribution in [-0.2, 0) is 19.6 Å². The number of benzene rings is 7. The molecule has 3 aliphatic heterocycles. The van der Waals surface area contributed by atoms with Crippen LogP contribution < -0.4 is 30.2 Å². The van der Waals surface area contributed by atoms with E-state index in [2.05, 4.69) is 125 Å². The minimum atomic E-state index is -0.171. The minimum Gasteiger partial charge on any atom is -0.471 e. The minimum absolute atomic E-state index is 0.171. The van der Waals surface area contributed by atoms with Crippen molar-refractivity contribution in [1.29, 1.82) is 0 Å². The summed E-state index contributed by atoms with van der Waals surface area (Å²) >= 11 is 0. The van der Waals surface area contributed by atoms with Crippen molar-refractivity contribution in [1.82, 2.24) is 16.0 Å². The van der Waals surface area contributed by atoms with Crippen LogP contribution in [0.5, 0.6) is 17.2 Å². The van der Waals surface area contributed by atoms with E-state index in [0.29, 0.717) is 0 Å². The SMILES string of the molecule is c1ccc(C2NCc3cc(-c4cc(-c5ccc6c(c5)CNC(c5ccccc5)O6)cc(-c5ccc6c(c5)CNC(c5ccccc5)O6)c4)ccc3O2)cc1. The summed E-state index contributed by atoms with van der Waals surface area (Å²) in [6.45, 7) is 2.16. The van der Waals surface area contributed by atoms with Gasteiger partial charge in [-0.15, -0.1) is 0 Å². The first-order valence-corrected chi connectivity index (χ1v) is 18.6. The van der Waals surface area contributed by atoms with Crippen molar-refractivity contribution < 1.29 is 14.2 Å². The first kappa shape index (κ1) is 32.5. The Morgan fingerprint density at radius 3 is 0.907 bits per heavy atom. The van der Waals surface area contributed by atoms with Gasteiger partial charge < -0.3 is 14.2 Å². The standard InChI is InChI=1S/C48H39N3O3/c1-4-10-31(11-5-1)46-49-28-40-22-34(16-19-43(40)52-46)37-25-38(35-17-20-44-41(23-35)29-50-47(53-44)32-12-6-2-7-13-32)27-39(26-37)36-18-21-45-42(24-36)30-51-48(54-45)33-14-8-3-9-15-33/h1-27,46-51H,28-30H2. The highest BCUT2D eigenvalue weighted by molar-refractivity contribution is 5.82. The van der Waals surface area contributed by atoms with Crippen LogP contribution in [0.2, 0.25) is 0 Å². The molecular formula is C48H39N3O3. The summed E-state index contributed by atoms with van der Waals surface area (Å²) in [5.41, 5.74) is 13.6. The van der Waals surface area contributed by atoms with Crippen LogP contribution in [0, 0.1) is 0 Å². The second-order valence-corrected chi connectivity index (χ2v) is 14.1. The summed E-state index contributed by atoms with van der Waals surface area (Å²) in [6.07, 6.45) is -0.513. The Morgan fingerprint density at radius 1 is 0.315 bits per heavy atom. The molecule has 0 aromatic heterocycles. The van der Waals surface area contributed by atoms with E-state index in [4.69, 9.17) is 14.2 Å². The van der Waals surface area contributed by atoms with Crippen molar-refractivity contribution in [3.63, 3.8) is 0 Å². The van der Waals surface area contributed by atoms with Crippen LogP contribution in [0.3, 0.4) is 0 Å². The quantitative estimate of drug-likeness (QED) is 0.160. The average Bonchev–Trinajstić information content (AvgIpc) is 3.26. The summed E-state index contributed by atoms with van der Waals surface area (Å²) in [7, 11) is 0. The maximum atomic E-state index is 6.43. The topological polar surface area (TPSA) is 63.8 Å². The normalized spacial score (nSPS) is 18.6. The molecular weight excluding hydrogens is 667 g/mol. The fourth-order valence-corrected chi connectivity index (χ4v) is 7.72. The summed E-state index contributed by atoms with van der Waals surface area (Å²) in [5, 5.41) is 10.7. The fourth-order valence-electron chi connectivity index (χ4n) is 7.72. The number of ether oxygens (including phenoxy) is 3. The van der Waals surface area contributed by atoms with Gasteiger partial charge in [0.2, 0.25) is 0 Å². The lowest BCUT2D eigenvalue weighted by Gasteiger charge is -2.28. The van der Waals surface area contributed by atoms with Crippen molar-refractivity contribution >= 4 is 0 Å². The van der Waals surface area contributed by atoms with Gasteiger partial charge in [-0.05, 0) is 88.0 Å². The predicted molar refractivity (Wildman–Crippen MR) is 213 cm³/mol. The second kappa shape index (κ2) is 14.0. The van der Waals surface area contributed by atoms with Gasteiger partial charge in [-0.1, -0.05) is 109 Å². The highest BCUT2D eigenvalue weighted by atomic mass is 16.5. The summed E-state index contributed by atoms with van der Waals surface area (Å²) < 4.78 is 19.3. The zero-order valence-electron chi connectivity index (χ0n) is 29.7. The lowest BCUT2D eigenvalue weighted by molar-refractivity contribution is 0.144. The molecule has 54 heavy (non-hydrogen) atoms. The van der Waals surface area contributed by atoms with Crippen molar-refractivity contribution in [2.45, 2.75) is 38.3 Å². The molecule has 7 aromatic carbocycles. The van der Waals surface area contributed by atoms with E-state index in [-0.39, 0.29) is 18.7 Å². The predicted octanol–water partition coefficient (Wildman–Crippen LogP) is 10.2. The third-order valence-electron chi connectivity index (χ3n) is 10.6. The van der Waals surface area contributed by atoms with Gasteiger partial charge in [0, 0.05) is 53.0 Å². The number of hydrogen-bond acceptors (Lipinski definition) is 6. The van der Waals surface area contributed by atoms with Gasteiger partial charge in [-0.25, -0.2) is 0 Å². The van der Waals surface area contributed by atoms with E-state index in [1.807, 2.05) is 54.6 Å². The molecule has 3 heterocycles. The molecule has 7 aromatic rings. The zero-order valence-corrected chi connectivity index (χ0v) is 29.7. The third kappa shape index (κ3) is 6.41. The van der Waals surface area contributed by atoms with Gasteiger partial charge in [0.25, 0.3) is 0 Å². The molecule has 0 aliphatic carbocycles. The molecule has 0 fully saturated rings. The molecule has 10 rings (SSSR count). The molecule has 0 saturated heterocycles. The van der Waals surface area contributed by atoms with E-state index in [1.54, 1.807) is 0 Å². The Hall–Kier alpha value is -6.18. The molecule has 0 bridgehead atoms. The van der Waals surface area contributed by atoms with Gasteiger partial charge in [0.15, 0.2) is 18.7 Å². The van der Waals surface area contributed by atoms with Crippen LogP contribution in [0.15, 0.2) is 164 Å². The summed E-state index contributed by atoms with van der Waals surface area (Å²) in [4.78, 5) is 0. The molecule has 3 unspecified atom stereocenters. The number of fused-ring (bicyclic) bond motifs is 3. The summed E-state index contributed by atoms with van der Waals surface area (Å²) in [5.74, 6) is 2.74. The number of rotatable bonds is 6. The Labute approximate surface area is 315 Å². The molecule has 6 heteroatoms. The van der Waals surface area contributed by atoms with Crippen LogP contribution in [0.4, 0.5) is 0 Å². The van der Waals surface area contributed by atoms with Crippen molar-refractivity contribution in [2.24, 2.45) is 0 Å². The number of hydrogen-bond donors (Lipinski definition) is 3. The van der Waals surface area contributed by atoms with E-state index in [0.717, 1.165) is 104 Å². The van der Waals surface area contributed by atoms with Crippen LogP contribution in [-0.4, -0.2) is 0 Å². The smallest absolute Gasteiger partial charge is 0.176 e. The van der Waals surface area contributed by atoms with Gasteiger partial charge in [0.1, 0.15) is 17.2 Å². The molecule has 3 N–H and O–H groups in total.